The van der Waals surface area contributed by atoms with Gasteiger partial charge in [0.2, 0.25) is 0 Å². The van der Waals surface area contributed by atoms with Crippen LogP contribution in [0.3, 0.4) is 0 Å². The SMILES string of the molecule is Cc1cc(O[C@@H](C2CC2)[C@H]2CCNC2)c(Cl)c(C)c1Cl. The summed E-state index contributed by atoms with van der Waals surface area (Å²) in [5.74, 6) is 2.11. The lowest BCUT2D eigenvalue weighted by Gasteiger charge is -2.25. The first-order valence-electron chi connectivity index (χ1n) is 7.40. The summed E-state index contributed by atoms with van der Waals surface area (Å²) in [6.07, 6.45) is 4.06. The van der Waals surface area contributed by atoms with Gasteiger partial charge in [0.25, 0.3) is 0 Å². The standard InChI is InChI=1S/C16H21Cl2NO/c1-9-7-13(15(18)10(2)14(9)17)20-16(11-3-4-11)12-5-6-19-8-12/h7,11-12,16,19H,3-6,8H2,1-2H3/t12-,16-/m0/s1. The van der Waals surface area contributed by atoms with Crippen LogP contribution in [0, 0.1) is 25.7 Å². The number of halogens is 2. The zero-order valence-corrected chi connectivity index (χ0v) is 13.5. The van der Waals surface area contributed by atoms with Crippen molar-refractivity contribution in [2.75, 3.05) is 13.1 Å². The molecule has 0 bridgehead atoms. The average Bonchev–Trinajstić information content (AvgIpc) is 3.13. The lowest BCUT2D eigenvalue weighted by Crippen LogP contribution is -2.31. The number of benzene rings is 1. The van der Waals surface area contributed by atoms with Gasteiger partial charge in [-0.2, -0.15) is 0 Å². The van der Waals surface area contributed by atoms with Crippen LogP contribution in [0.25, 0.3) is 0 Å². The van der Waals surface area contributed by atoms with Gasteiger partial charge in [0, 0.05) is 17.5 Å². The fourth-order valence-corrected chi connectivity index (χ4v) is 3.48. The minimum absolute atomic E-state index is 0.294. The fraction of sp³-hybridized carbons (Fsp3) is 0.625. The molecule has 2 nitrogen and oxygen atoms in total. The van der Waals surface area contributed by atoms with Crippen molar-refractivity contribution in [1.29, 1.82) is 0 Å². The largest absolute Gasteiger partial charge is 0.488 e. The molecular formula is C16H21Cl2NO. The highest BCUT2D eigenvalue weighted by atomic mass is 35.5. The molecule has 1 heterocycles. The molecule has 4 heteroatoms. The van der Waals surface area contributed by atoms with Crippen molar-refractivity contribution in [3.63, 3.8) is 0 Å². The van der Waals surface area contributed by atoms with Gasteiger partial charge in [-0.3, -0.25) is 0 Å². The smallest absolute Gasteiger partial charge is 0.138 e. The first-order valence-corrected chi connectivity index (χ1v) is 8.16. The molecule has 0 radical (unpaired) electrons. The number of aryl methyl sites for hydroxylation is 1. The second-order valence-corrected chi connectivity index (χ2v) is 6.87. The fourth-order valence-electron chi connectivity index (χ4n) is 3.09. The van der Waals surface area contributed by atoms with Gasteiger partial charge in [0.05, 0.1) is 5.02 Å². The molecule has 1 aromatic carbocycles. The maximum absolute atomic E-state index is 6.42. The summed E-state index contributed by atoms with van der Waals surface area (Å²) in [7, 11) is 0. The van der Waals surface area contributed by atoms with Crippen molar-refractivity contribution in [3.05, 3.63) is 27.2 Å². The molecular weight excluding hydrogens is 293 g/mol. The Balaban J connectivity index is 1.85. The van der Waals surface area contributed by atoms with E-state index in [9.17, 15) is 0 Å². The molecule has 1 aromatic rings. The van der Waals surface area contributed by atoms with Crippen LogP contribution in [0.5, 0.6) is 5.75 Å². The van der Waals surface area contributed by atoms with Gasteiger partial charge in [0.15, 0.2) is 0 Å². The van der Waals surface area contributed by atoms with Gasteiger partial charge in [-0.15, -0.1) is 0 Å². The zero-order chi connectivity index (χ0) is 14.3. The summed E-state index contributed by atoms with van der Waals surface area (Å²) in [5, 5.41) is 4.84. The zero-order valence-electron chi connectivity index (χ0n) is 12.0. The number of hydrogen-bond donors (Lipinski definition) is 1. The lowest BCUT2D eigenvalue weighted by atomic mass is 9.97. The van der Waals surface area contributed by atoms with Crippen LogP contribution in [0.4, 0.5) is 0 Å². The van der Waals surface area contributed by atoms with Crippen molar-refractivity contribution < 1.29 is 4.74 Å². The lowest BCUT2D eigenvalue weighted by molar-refractivity contribution is 0.121. The molecule has 20 heavy (non-hydrogen) atoms. The van der Waals surface area contributed by atoms with E-state index in [-0.39, 0.29) is 0 Å². The first kappa shape index (κ1) is 14.5. The van der Waals surface area contributed by atoms with Crippen LogP contribution < -0.4 is 10.1 Å². The van der Waals surface area contributed by atoms with E-state index in [1.165, 1.54) is 19.3 Å². The van der Waals surface area contributed by atoms with E-state index < -0.39 is 0 Å². The highest BCUT2D eigenvalue weighted by molar-refractivity contribution is 6.37. The molecule has 110 valence electrons. The monoisotopic (exact) mass is 313 g/mol. The van der Waals surface area contributed by atoms with Gasteiger partial charge >= 0.3 is 0 Å². The number of hydrogen-bond acceptors (Lipinski definition) is 2. The Hall–Kier alpha value is -0.440. The molecule has 0 aromatic heterocycles. The molecule has 3 rings (SSSR count). The van der Waals surface area contributed by atoms with E-state index in [0.717, 1.165) is 35.0 Å². The third kappa shape index (κ3) is 2.79. The molecule has 1 N–H and O–H groups in total. The van der Waals surface area contributed by atoms with Crippen molar-refractivity contribution in [2.24, 2.45) is 11.8 Å². The van der Waals surface area contributed by atoms with E-state index in [4.69, 9.17) is 27.9 Å². The van der Waals surface area contributed by atoms with E-state index >= 15 is 0 Å². The van der Waals surface area contributed by atoms with Gasteiger partial charge in [-0.05, 0) is 62.8 Å². The molecule has 1 aliphatic heterocycles. The summed E-state index contributed by atoms with van der Waals surface area (Å²) < 4.78 is 6.34. The molecule has 1 saturated carbocycles. The Morgan fingerprint density at radius 2 is 1.90 bits per heavy atom. The van der Waals surface area contributed by atoms with Gasteiger partial charge in [-0.1, -0.05) is 23.2 Å². The van der Waals surface area contributed by atoms with Gasteiger partial charge in [0.1, 0.15) is 11.9 Å². The molecule has 0 unspecified atom stereocenters. The van der Waals surface area contributed by atoms with E-state index in [1.807, 2.05) is 19.9 Å². The van der Waals surface area contributed by atoms with Crippen LogP contribution in [0.1, 0.15) is 30.4 Å². The van der Waals surface area contributed by atoms with Gasteiger partial charge < -0.3 is 10.1 Å². The second kappa shape index (κ2) is 5.75. The minimum Gasteiger partial charge on any atom is -0.488 e. The average molecular weight is 314 g/mol. The summed E-state index contributed by atoms with van der Waals surface area (Å²) in [4.78, 5) is 0. The Bertz CT molecular complexity index is 508. The Kier molecular flexibility index (Phi) is 4.16. The quantitative estimate of drug-likeness (QED) is 0.890. The third-order valence-electron chi connectivity index (χ3n) is 4.48. The Morgan fingerprint density at radius 3 is 2.50 bits per heavy atom. The van der Waals surface area contributed by atoms with E-state index in [1.54, 1.807) is 0 Å². The Morgan fingerprint density at radius 1 is 1.15 bits per heavy atom. The van der Waals surface area contributed by atoms with Crippen molar-refractivity contribution in [2.45, 2.75) is 39.2 Å². The molecule has 0 spiro atoms. The summed E-state index contributed by atoms with van der Waals surface area (Å²) >= 11 is 12.7. The second-order valence-electron chi connectivity index (χ2n) is 6.12. The van der Waals surface area contributed by atoms with Crippen LogP contribution in [0.2, 0.25) is 10.0 Å². The summed E-state index contributed by atoms with van der Waals surface area (Å²) in [6, 6.07) is 1.98. The van der Waals surface area contributed by atoms with E-state index in [2.05, 4.69) is 5.32 Å². The Labute approximate surface area is 130 Å². The predicted octanol–water partition coefficient (Wildman–Crippen LogP) is 4.38. The van der Waals surface area contributed by atoms with E-state index in [0.29, 0.717) is 23.0 Å². The minimum atomic E-state index is 0.294. The molecule has 2 fully saturated rings. The topological polar surface area (TPSA) is 21.3 Å². The number of rotatable bonds is 4. The molecule has 2 atom stereocenters. The number of nitrogens with one attached hydrogen (secondary N) is 1. The molecule has 2 aliphatic rings. The van der Waals surface area contributed by atoms with Crippen molar-refractivity contribution in [3.8, 4) is 5.75 Å². The maximum Gasteiger partial charge on any atom is 0.138 e. The van der Waals surface area contributed by atoms with Crippen LogP contribution in [-0.4, -0.2) is 19.2 Å². The van der Waals surface area contributed by atoms with Crippen LogP contribution >= 0.6 is 23.2 Å². The van der Waals surface area contributed by atoms with Gasteiger partial charge in [-0.25, -0.2) is 0 Å². The maximum atomic E-state index is 6.42. The number of ether oxygens (including phenoxy) is 1. The summed E-state index contributed by atoms with van der Waals surface area (Å²) in [6.45, 7) is 6.11. The van der Waals surface area contributed by atoms with Crippen LogP contribution in [-0.2, 0) is 0 Å². The normalized spacial score (nSPS) is 23.9. The summed E-state index contributed by atoms with van der Waals surface area (Å²) in [5.41, 5.74) is 1.95. The molecule has 0 amide bonds. The first-order chi connectivity index (χ1) is 9.58. The third-order valence-corrected chi connectivity index (χ3v) is 5.53. The predicted molar refractivity (Wildman–Crippen MR) is 84.1 cm³/mol. The van der Waals surface area contributed by atoms with Crippen molar-refractivity contribution >= 4 is 23.2 Å². The van der Waals surface area contributed by atoms with Crippen LogP contribution in [0.15, 0.2) is 6.07 Å². The highest BCUT2D eigenvalue weighted by Gasteiger charge is 2.39. The van der Waals surface area contributed by atoms with Crippen molar-refractivity contribution in [1.82, 2.24) is 5.32 Å². The molecule has 1 aliphatic carbocycles. The molecule has 1 saturated heterocycles. The highest BCUT2D eigenvalue weighted by Crippen LogP contribution is 2.42.